The first-order valence-electron chi connectivity index (χ1n) is 10.2. The summed E-state index contributed by atoms with van der Waals surface area (Å²) in [5.74, 6) is -1.79. The molecule has 0 aromatic heterocycles. The van der Waals surface area contributed by atoms with Gasteiger partial charge in [-0.1, -0.05) is 0 Å². The minimum Gasteiger partial charge on any atom is -0.494 e. The van der Waals surface area contributed by atoms with E-state index in [0.717, 1.165) is 19.5 Å². The highest BCUT2D eigenvalue weighted by Gasteiger charge is 2.47. The molecule has 8 heteroatoms. The number of halogens is 3. The summed E-state index contributed by atoms with van der Waals surface area (Å²) in [7, 11) is 0. The second-order valence-electron chi connectivity index (χ2n) is 7.77. The Morgan fingerprint density at radius 2 is 1.79 bits per heavy atom. The Labute approximate surface area is 168 Å². The minimum atomic E-state index is -4.96. The van der Waals surface area contributed by atoms with Crippen molar-refractivity contribution in [2.24, 2.45) is 0 Å². The maximum Gasteiger partial charge on any atom is 0.471 e. The van der Waals surface area contributed by atoms with Crippen LogP contribution < -0.4 is 4.74 Å². The van der Waals surface area contributed by atoms with Gasteiger partial charge in [-0.2, -0.15) is 13.2 Å². The Morgan fingerprint density at radius 1 is 1.10 bits per heavy atom. The molecule has 2 unspecified atom stereocenters. The molecule has 1 amide bonds. The van der Waals surface area contributed by atoms with Crippen LogP contribution in [0.15, 0.2) is 24.3 Å². The number of benzene rings is 1. The SMILES string of the molecule is CC1CCCN1CCCOc1ccc(C(=O)C2CCCN2C(=O)C(F)(F)F)cc1. The molecule has 2 atom stereocenters. The second kappa shape index (κ2) is 9.15. The number of alkyl halides is 3. The molecule has 5 nitrogen and oxygen atoms in total. The highest BCUT2D eigenvalue weighted by molar-refractivity contribution is 6.02. The van der Waals surface area contributed by atoms with E-state index in [0.29, 0.717) is 29.7 Å². The first kappa shape index (κ1) is 21.6. The van der Waals surface area contributed by atoms with E-state index in [-0.39, 0.29) is 18.5 Å². The van der Waals surface area contributed by atoms with Crippen LogP contribution in [0.25, 0.3) is 0 Å². The van der Waals surface area contributed by atoms with Crippen molar-refractivity contribution in [2.45, 2.75) is 57.3 Å². The van der Waals surface area contributed by atoms with E-state index in [1.807, 2.05) is 0 Å². The van der Waals surface area contributed by atoms with Crippen molar-refractivity contribution < 1.29 is 27.5 Å². The normalized spacial score (nSPS) is 22.8. The molecule has 0 radical (unpaired) electrons. The lowest BCUT2D eigenvalue weighted by Gasteiger charge is -2.24. The lowest BCUT2D eigenvalue weighted by atomic mass is 10.0. The van der Waals surface area contributed by atoms with Gasteiger partial charge < -0.3 is 14.5 Å². The van der Waals surface area contributed by atoms with E-state index in [4.69, 9.17) is 4.74 Å². The number of likely N-dealkylation sites (tertiary alicyclic amines) is 2. The smallest absolute Gasteiger partial charge is 0.471 e. The number of Topliss-reactive ketones (excluding diaryl/α,β-unsaturated/α-hetero) is 1. The van der Waals surface area contributed by atoms with Gasteiger partial charge >= 0.3 is 12.1 Å². The van der Waals surface area contributed by atoms with Gasteiger partial charge in [-0.25, -0.2) is 0 Å². The zero-order chi connectivity index (χ0) is 21.0. The van der Waals surface area contributed by atoms with Crippen LogP contribution in [0.5, 0.6) is 5.75 Å². The van der Waals surface area contributed by atoms with Gasteiger partial charge in [-0.3, -0.25) is 9.59 Å². The number of hydrogen-bond donors (Lipinski definition) is 0. The molecule has 3 rings (SSSR count). The highest BCUT2D eigenvalue weighted by Crippen LogP contribution is 2.28. The lowest BCUT2D eigenvalue weighted by Crippen LogP contribution is -2.46. The average molecular weight is 412 g/mol. The van der Waals surface area contributed by atoms with Crippen LogP contribution in [-0.4, -0.2) is 66.0 Å². The quantitative estimate of drug-likeness (QED) is 0.507. The maximum absolute atomic E-state index is 12.7. The van der Waals surface area contributed by atoms with Gasteiger partial charge in [0.1, 0.15) is 5.75 Å². The number of hydrogen-bond acceptors (Lipinski definition) is 4. The van der Waals surface area contributed by atoms with Crippen LogP contribution in [-0.2, 0) is 4.79 Å². The number of nitrogens with zero attached hydrogens (tertiary/aromatic N) is 2. The molecule has 0 aliphatic carbocycles. The fourth-order valence-electron chi connectivity index (χ4n) is 4.14. The van der Waals surface area contributed by atoms with E-state index in [9.17, 15) is 22.8 Å². The van der Waals surface area contributed by atoms with Crippen molar-refractivity contribution in [3.8, 4) is 5.75 Å². The van der Waals surface area contributed by atoms with Gasteiger partial charge in [-0.05, 0) is 69.8 Å². The fraction of sp³-hybridized carbons (Fsp3) is 0.619. The maximum atomic E-state index is 12.7. The summed E-state index contributed by atoms with van der Waals surface area (Å²) in [4.78, 5) is 27.3. The highest BCUT2D eigenvalue weighted by atomic mass is 19.4. The Kier molecular flexibility index (Phi) is 6.82. The molecule has 1 aromatic rings. The number of rotatable bonds is 7. The third-order valence-electron chi connectivity index (χ3n) is 5.75. The summed E-state index contributed by atoms with van der Waals surface area (Å²) >= 11 is 0. The summed E-state index contributed by atoms with van der Waals surface area (Å²) in [6.07, 6.45) is -0.953. The average Bonchev–Trinajstić information content (AvgIpc) is 3.33. The molecular weight excluding hydrogens is 385 g/mol. The van der Waals surface area contributed by atoms with Gasteiger partial charge in [0.2, 0.25) is 0 Å². The summed E-state index contributed by atoms with van der Waals surface area (Å²) in [6.45, 7) is 4.87. The summed E-state index contributed by atoms with van der Waals surface area (Å²) in [5, 5.41) is 0. The molecule has 160 valence electrons. The van der Waals surface area contributed by atoms with Gasteiger partial charge in [0, 0.05) is 24.7 Å². The summed E-state index contributed by atoms with van der Waals surface area (Å²) in [6, 6.07) is 5.97. The minimum absolute atomic E-state index is 0.0500. The molecule has 0 N–H and O–H groups in total. The van der Waals surface area contributed by atoms with Crippen molar-refractivity contribution in [1.29, 1.82) is 0 Å². The predicted octanol–water partition coefficient (Wildman–Crippen LogP) is 3.68. The molecule has 2 heterocycles. The third-order valence-corrected chi connectivity index (χ3v) is 5.75. The number of carbonyl (C=O) groups is 2. The number of ketones is 1. The van der Waals surface area contributed by atoms with Crippen molar-refractivity contribution in [3.63, 3.8) is 0 Å². The van der Waals surface area contributed by atoms with E-state index in [1.165, 1.54) is 12.8 Å². The van der Waals surface area contributed by atoms with Crippen LogP contribution in [0, 0.1) is 0 Å². The molecule has 29 heavy (non-hydrogen) atoms. The molecule has 0 spiro atoms. The van der Waals surface area contributed by atoms with E-state index in [2.05, 4.69) is 11.8 Å². The van der Waals surface area contributed by atoms with Crippen molar-refractivity contribution in [3.05, 3.63) is 29.8 Å². The van der Waals surface area contributed by atoms with Crippen LogP contribution in [0.1, 0.15) is 49.4 Å². The van der Waals surface area contributed by atoms with Gasteiger partial charge in [-0.15, -0.1) is 0 Å². The summed E-state index contributed by atoms with van der Waals surface area (Å²) < 4.78 is 43.9. The van der Waals surface area contributed by atoms with Crippen LogP contribution in [0.2, 0.25) is 0 Å². The number of ether oxygens (including phenoxy) is 1. The van der Waals surface area contributed by atoms with Crippen LogP contribution >= 0.6 is 0 Å². The zero-order valence-corrected chi connectivity index (χ0v) is 16.6. The number of amides is 1. The van der Waals surface area contributed by atoms with Crippen LogP contribution in [0.3, 0.4) is 0 Å². The first-order valence-corrected chi connectivity index (χ1v) is 10.2. The molecule has 0 saturated carbocycles. The van der Waals surface area contributed by atoms with Gasteiger partial charge in [0.15, 0.2) is 5.78 Å². The Balaban J connectivity index is 1.51. The topological polar surface area (TPSA) is 49.9 Å². The fourth-order valence-corrected chi connectivity index (χ4v) is 4.14. The third kappa shape index (κ3) is 5.29. The standard InChI is InChI=1S/C21H27F3N2O3/c1-15-5-2-11-25(15)12-4-14-29-17-9-7-16(8-10-17)19(27)18-6-3-13-26(18)20(28)21(22,23)24/h7-10,15,18H,2-6,11-14H2,1H3. The Hall–Kier alpha value is -2.09. The molecule has 0 bridgehead atoms. The summed E-state index contributed by atoms with van der Waals surface area (Å²) in [5.41, 5.74) is 0.287. The predicted molar refractivity (Wildman–Crippen MR) is 102 cm³/mol. The lowest BCUT2D eigenvalue weighted by molar-refractivity contribution is -0.185. The van der Waals surface area contributed by atoms with Crippen molar-refractivity contribution in [2.75, 3.05) is 26.2 Å². The Morgan fingerprint density at radius 3 is 2.41 bits per heavy atom. The molecular formula is C21H27F3N2O3. The van der Waals surface area contributed by atoms with Crippen LogP contribution in [0.4, 0.5) is 13.2 Å². The molecule has 2 fully saturated rings. The molecule has 2 aliphatic rings. The Bertz CT molecular complexity index is 721. The molecule has 2 aliphatic heterocycles. The first-order chi connectivity index (χ1) is 13.8. The van der Waals surface area contributed by atoms with Crippen molar-refractivity contribution >= 4 is 11.7 Å². The molecule has 1 aromatic carbocycles. The largest absolute Gasteiger partial charge is 0.494 e. The number of carbonyl (C=O) groups excluding carboxylic acids is 2. The zero-order valence-electron chi connectivity index (χ0n) is 16.6. The monoisotopic (exact) mass is 412 g/mol. The van der Waals surface area contributed by atoms with E-state index >= 15 is 0 Å². The van der Waals surface area contributed by atoms with Gasteiger partial charge in [0.05, 0.1) is 12.6 Å². The molecule has 2 saturated heterocycles. The van der Waals surface area contributed by atoms with E-state index < -0.39 is 23.9 Å². The van der Waals surface area contributed by atoms with E-state index in [1.54, 1.807) is 24.3 Å². The second-order valence-corrected chi connectivity index (χ2v) is 7.77. The van der Waals surface area contributed by atoms with Crippen molar-refractivity contribution in [1.82, 2.24) is 9.80 Å². The van der Waals surface area contributed by atoms with Gasteiger partial charge in [0.25, 0.3) is 0 Å².